The second kappa shape index (κ2) is 5.64. The van der Waals surface area contributed by atoms with Crippen molar-refractivity contribution in [3.05, 3.63) is 42.0 Å². The first-order chi connectivity index (χ1) is 9.38. The number of hydrogen-bond acceptors (Lipinski definition) is 3. The average Bonchev–Trinajstić information content (AvgIpc) is 2.98. The zero-order chi connectivity index (χ0) is 13.1. The van der Waals surface area contributed by atoms with E-state index in [0.717, 1.165) is 23.3 Å². The van der Waals surface area contributed by atoms with Crippen LogP contribution in [0.1, 0.15) is 18.4 Å². The van der Waals surface area contributed by atoms with Crippen LogP contribution in [-0.4, -0.2) is 18.5 Å². The molecule has 1 aliphatic rings. The largest absolute Gasteiger partial charge is 0.377 e. The number of thioether (sulfide) groups is 1. The van der Waals surface area contributed by atoms with Crippen molar-refractivity contribution in [2.24, 2.45) is 0 Å². The summed E-state index contributed by atoms with van der Waals surface area (Å²) in [6, 6.07) is 14.4. The first-order valence-corrected chi connectivity index (χ1v) is 7.53. The van der Waals surface area contributed by atoms with E-state index in [1.807, 2.05) is 36.0 Å². The van der Waals surface area contributed by atoms with Gasteiger partial charge in [-0.05, 0) is 30.4 Å². The van der Waals surface area contributed by atoms with E-state index in [4.69, 9.17) is 10.00 Å². The maximum atomic E-state index is 9.15. The maximum Gasteiger partial charge on any atom is 0.0998 e. The molecule has 2 nitrogen and oxygen atoms in total. The van der Waals surface area contributed by atoms with Crippen molar-refractivity contribution in [2.75, 3.05) is 12.4 Å². The van der Waals surface area contributed by atoms with Crippen molar-refractivity contribution in [2.45, 2.75) is 23.8 Å². The van der Waals surface area contributed by atoms with Crippen LogP contribution in [0.15, 0.2) is 41.3 Å². The molecule has 0 N–H and O–H groups in total. The fourth-order valence-corrected chi connectivity index (χ4v) is 3.58. The van der Waals surface area contributed by atoms with Crippen LogP contribution in [-0.2, 0) is 4.74 Å². The number of nitrogens with zero attached hydrogens (tertiary/aromatic N) is 1. The normalized spacial score (nSPS) is 18.6. The summed E-state index contributed by atoms with van der Waals surface area (Å²) in [6.45, 7) is 0.902. The van der Waals surface area contributed by atoms with Crippen LogP contribution in [0.25, 0.3) is 10.8 Å². The van der Waals surface area contributed by atoms with Crippen molar-refractivity contribution in [3.63, 3.8) is 0 Å². The Kier molecular flexibility index (Phi) is 3.72. The second-order valence-electron chi connectivity index (χ2n) is 4.71. The van der Waals surface area contributed by atoms with Crippen LogP contribution in [0.2, 0.25) is 0 Å². The molecule has 0 bridgehead atoms. The van der Waals surface area contributed by atoms with Gasteiger partial charge in [0.2, 0.25) is 0 Å². The van der Waals surface area contributed by atoms with Gasteiger partial charge < -0.3 is 4.74 Å². The van der Waals surface area contributed by atoms with Crippen molar-refractivity contribution in [1.82, 2.24) is 0 Å². The summed E-state index contributed by atoms with van der Waals surface area (Å²) >= 11 is 1.83. The van der Waals surface area contributed by atoms with E-state index < -0.39 is 0 Å². The Morgan fingerprint density at radius 1 is 1.21 bits per heavy atom. The summed E-state index contributed by atoms with van der Waals surface area (Å²) in [5, 5.41) is 11.4. The highest BCUT2D eigenvalue weighted by atomic mass is 32.2. The number of nitriles is 1. The highest BCUT2D eigenvalue weighted by Gasteiger charge is 2.16. The molecule has 3 rings (SSSR count). The Hall–Kier alpha value is -1.50. The highest BCUT2D eigenvalue weighted by molar-refractivity contribution is 7.99. The van der Waals surface area contributed by atoms with E-state index in [1.54, 1.807) is 0 Å². The minimum absolute atomic E-state index is 0.388. The van der Waals surface area contributed by atoms with E-state index in [0.29, 0.717) is 6.10 Å². The SMILES string of the molecule is N#Cc1ccc(SCC2CCCO2)c2ccccc12. The summed E-state index contributed by atoms with van der Waals surface area (Å²) < 4.78 is 5.66. The van der Waals surface area contributed by atoms with Crippen molar-refractivity contribution >= 4 is 22.5 Å². The molecule has 1 heterocycles. The average molecular weight is 269 g/mol. The van der Waals surface area contributed by atoms with Crippen molar-refractivity contribution in [1.29, 1.82) is 5.26 Å². The van der Waals surface area contributed by atoms with E-state index in [9.17, 15) is 0 Å². The molecule has 0 amide bonds. The molecule has 1 unspecified atom stereocenters. The molecule has 0 saturated carbocycles. The van der Waals surface area contributed by atoms with Crippen molar-refractivity contribution in [3.8, 4) is 6.07 Å². The molecule has 0 aromatic heterocycles. The molecule has 2 aromatic carbocycles. The summed E-state index contributed by atoms with van der Waals surface area (Å²) in [5.41, 5.74) is 0.747. The Morgan fingerprint density at radius 3 is 2.79 bits per heavy atom. The second-order valence-corrected chi connectivity index (χ2v) is 5.78. The molecule has 0 aliphatic carbocycles. The van der Waals surface area contributed by atoms with Gasteiger partial charge >= 0.3 is 0 Å². The van der Waals surface area contributed by atoms with Crippen LogP contribution in [0.3, 0.4) is 0 Å². The number of benzene rings is 2. The Morgan fingerprint density at radius 2 is 2.05 bits per heavy atom. The van der Waals surface area contributed by atoms with Gasteiger partial charge in [0.1, 0.15) is 0 Å². The van der Waals surface area contributed by atoms with Gasteiger partial charge in [0, 0.05) is 22.6 Å². The molecule has 96 valence electrons. The number of hydrogen-bond donors (Lipinski definition) is 0. The first kappa shape index (κ1) is 12.5. The van der Waals surface area contributed by atoms with Crippen LogP contribution < -0.4 is 0 Å². The summed E-state index contributed by atoms with van der Waals surface area (Å²) in [7, 11) is 0. The lowest BCUT2D eigenvalue weighted by Crippen LogP contribution is -2.07. The van der Waals surface area contributed by atoms with Gasteiger partial charge in [-0.15, -0.1) is 11.8 Å². The fraction of sp³-hybridized carbons (Fsp3) is 0.312. The molecule has 19 heavy (non-hydrogen) atoms. The third kappa shape index (κ3) is 2.60. The van der Waals surface area contributed by atoms with Gasteiger partial charge in [-0.3, -0.25) is 0 Å². The molecule has 2 aromatic rings. The van der Waals surface area contributed by atoms with Gasteiger partial charge in [0.05, 0.1) is 17.7 Å². The van der Waals surface area contributed by atoms with Gasteiger partial charge in [-0.1, -0.05) is 24.3 Å². The van der Waals surface area contributed by atoms with Crippen LogP contribution in [0, 0.1) is 11.3 Å². The van der Waals surface area contributed by atoms with Crippen molar-refractivity contribution < 1.29 is 4.74 Å². The lowest BCUT2D eigenvalue weighted by molar-refractivity contribution is 0.129. The fourth-order valence-electron chi connectivity index (χ4n) is 2.45. The summed E-state index contributed by atoms with van der Waals surface area (Å²) in [6.07, 6.45) is 2.74. The molecular weight excluding hydrogens is 254 g/mol. The molecule has 0 radical (unpaired) electrons. The van der Waals surface area contributed by atoms with Crippen LogP contribution in [0.5, 0.6) is 0 Å². The third-order valence-corrected chi connectivity index (χ3v) is 4.66. The predicted octanol–water partition coefficient (Wildman–Crippen LogP) is 3.98. The molecule has 1 saturated heterocycles. The van der Waals surface area contributed by atoms with Crippen LogP contribution >= 0.6 is 11.8 Å². The van der Waals surface area contributed by atoms with Gasteiger partial charge in [0.25, 0.3) is 0 Å². The Bertz CT molecular complexity index is 626. The van der Waals surface area contributed by atoms with E-state index in [-0.39, 0.29) is 0 Å². The van der Waals surface area contributed by atoms with Gasteiger partial charge in [-0.25, -0.2) is 0 Å². The zero-order valence-electron chi connectivity index (χ0n) is 10.6. The van der Waals surface area contributed by atoms with E-state index in [2.05, 4.69) is 18.2 Å². The molecule has 1 fully saturated rings. The third-order valence-electron chi connectivity index (χ3n) is 3.45. The number of fused-ring (bicyclic) bond motifs is 1. The van der Waals surface area contributed by atoms with Gasteiger partial charge in [-0.2, -0.15) is 5.26 Å². The number of ether oxygens (including phenoxy) is 1. The maximum absolute atomic E-state index is 9.15. The molecule has 1 atom stereocenters. The smallest absolute Gasteiger partial charge is 0.0998 e. The zero-order valence-corrected chi connectivity index (χ0v) is 11.5. The minimum Gasteiger partial charge on any atom is -0.377 e. The number of rotatable bonds is 3. The monoisotopic (exact) mass is 269 g/mol. The molecule has 1 aliphatic heterocycles. The van der Waals surface area contributed by atoms with Gasteiger partial charge in [0.15, 0.2) is 0 Å². The van der Waals surface area contributed by atoms with E-state index in [1.165, 1.54) is 23.1 Å². The Balaban J connectivity index is 1.89. The lowest BCUT2D eigenvalue weighted by Gasteiger charge is -2.11. The lowest BCUT2D eigenvalue weighted by atomic mass is 10.1. The first-order valence-electron chi connectivity index (χ1n) is 6.55. The molecular formula is C16H15NOS. The quantitative estimate of drug-likeness (QED) is 0.790. The standard InChI is InChI=1S/C16H15NOS/c17-10-12-7-8-16(15-6-2-1-5-14(12)15)19-11-13-4-3-9-18-13/h1-2,5-8,13H,3-4,9,11H2. The highest BCUT2D eigenvalue weighted by Crippen LogP contribution is 2.31. The minimum atomic E-state index is 0.388. The van der Waals surface area contributed by atoms with E-state index >= 15 is 0 Å². The summed E-state index contributed by atoms with van der Waals surface area (Å²) in [5.74, 6) is 0.996. The molecule has 0 spiro atoms. The summed E-state index contributed by atoms with van der Waals surface area (Å²) in [4.78, 5) is 1.24. The van der Waals surface area contributed by atoms with Crippen LogP contribution in [0.4, 0.5) is 0 Å². The topological polar surface area (TPSA) is 33.0 Å². The molecule has 3 heteroatoms. The Labute approximate surface area is 117 Å². The predicted molar refractivity (Wildman–Crippen MR) is 78.4 cm³/mol.